The number of aliphatic hydroxyl groups excluding tert-OH is 1. The van der Waals surface area contributed by atoms with Crippen LogP contribution in [0.5, 0.6) is 0 Å². The third-order valence-corrected chi connectivity index (χ3v) is 2.00. The van der Waals surface area contributed by atoms with Gasteiger partial charge in [-0.15, -0.1) is 0 Å². The highest BCUT2D eigenvalue weighted by Gasteiger charge is 2.20. The summed E-state index contributed by atoms with van der Waals surface area (Å²) < 4.78 is 5.18. The van der Waals surface area contributed by atoms with Crippen molar-refractivity contribution in [3.05, 3.63) is 12.3 Å². The Balaban J connectivity index is 2.08. The average molecular weight is 156 g/mol. The van der Waals surface area contributed by atoms with E-state index < -0.39 is 0 Å². The third-order valence-electron chi connectivity index (χ3n) is 2.00. The van der Waals surface area contributed by atoms with Gasteiger partial charge in [0.05, 0.1) is 6.26 Å². The van der Waals surface area contributed by atoms with E-state index in [0.29, 0.717) is 0 Å². The summed E-state index contributed by atoms with van der Waals surface area (Å²) in [7, 11) is 0. The lowest BCUT2D eigenvalue weighted by atomic mass is 10.1. The number of unbranched alkanes of at least 4 members (excludes halogenated alkanes) is 2. The molecule has 11 heavy (non-hydrogen) atoms. The Hall–Kier alpha value is -0.500. The maximum atomic E-state index is 9.28. The van der Waals surface area contributed by atoms with Gasteiger partial charge in [-0.3, -0.25) is 0 Å². The molecule has 0 aromatic heterocycles. The number of rotatable bonds is 4. The van der Waals surface area contributed by atoms with E-state index in [1.807, 2.05) is 0 Å². The fraction of sp³-hybridized carbons (Fsp3) is 0.778. The lowest BCUT2D eigenvalue weighted by Crippen LogP contribution is -2.20. The summed E-state index contributed by atoms with van der Waals surface area (Å²) in [6, 6.07) is 0. The van der Waals surface area contributed by atoms with Crippen molar-refractivity contribution in [1.29, 1.82) is 0 Å². The number of aliphatic hydroxyl groups is 1. The number of hydrogen-bond acceptors (Lipinski definition) is 2. The van der Waals surface area contributed by atoms with E-state index >= 15 is 0 Å². The van der Waals surface area contributed by atoms with Gasteiger partial charge in [0, 0.05) is 0 Å². The standard InChI is InChI=1S/C9H16O2/c1-2-3-4-5-9-8(10)6-7-11-9/h6-10H,2-5H2,1H3/t8-,9+/m0/s1. The van der Waals surface area contributed by atoms with E-state index in [1.165, 1.54) is 12.8 Å². The maximum Gasteiger partial charge on any atom is 0.127 e. The van der Waals surface area contributed by atoms with E-state index in [1.54, 1.807) is 12.3 Å². The molecule has 1 aliphatic heterocycles. The van der Waals surface area contributed by atoms with Crippen molar-refractivity contribution in [2.75, 3.05) is 0 Å². The second kappa shape index (κ2) is 4.39. The first-order valence-corrected chi connectivity index (χ1v) is 4.34. The molecule has 0 saturated heterocycles. The van der Waals surface area contributed by atoms with Crippen LogP contribution in [0.25, 0.3) is 0 Å². The molecule has 1 N–H and O–H groups in total. The van der Waals surface area contributed by atoms with Gasteiger partial charge in [-0.25, -0.2) is 0 Å². The number of hydrogen-bond donors (Lipinski definition) is 1. The van der Waals surface area contributed by atoms with Crippen LogP contribution >= 0.6 is 0 Å². The molecule has 0 spiro atoms. The topological polar surface area (TPSA) is 29.5 Å². The molecule has 0 unspecified atom stereocenters. The van der Waals surface area contributed by atoms with Crippen molar-refractivity contribution in [1.82, 2.24) is 0 Å². The predicted octanol–water partition coefficient (Wildman–Crippen LogP) is 1.84. The van der Waals surface area contributed by atoms with Gasteiger partial charge in [-0.1, -0.05) is 19.8 Å². The Kier molecular flexibility index (Phi) is 3.43. The zero-order valence-corrected chi connectivity index (χ0v) is 6.99. The maximum absolute atomic E-state index is 9.28. The molecule has 2 heteroatoms. The molecule has 2 nitrogen and oxygen atoms in total. The van der Waals surface area contributed by atoms with Gasteiger partial charge in [-0.2, -0.15) is 0 Å². The zero-order chi connectivity index (χ0) is 8.10. The molecule has 2 atom stereocenters. The zero-order valence-electron chi connectivity index (χ0n) is 6.99. The molecule has 0 aromatic rings. The minimum absolute atomic E-state index is 0.0292. The lowest BCUT2D eigenvalue weighted by molar-refractivity contribution is 0.0559. The van der Waals surface area contributed by atoms with Crippen molar-refractivity contribution in [3.8, 4) is 0 Å². The minimum Gasteiger partial charge on any atom is -0.495 e. The van der Waals surface area contributed by atoms with Crippen molar-refractivity contribution in [3.63, 3.8) is 0 Å². The highest BCUT2D eigenvalue weighted by Crippen LogP contribution is 2.16. The SMILES string of the molecule is CCCCC[C@H]1OC=C[C@@H]1O. The van der Waals surface area contributed by atoms with Crippen LogP contribution in [0, 0.1) is 0 Å². The Bertz CT molecular complexity index is 132. The summed E-state index contributed by atoms with van der Waals surface area (Å²) in [6.07, 6.45) is 7.54. The van der Waals surface area contributed by atoms with Gasteiger partial charge >= 0.3 is 0 Å². The van der Waals surface area contributed by atoms with Gasteiger partial charge < -0.3 is 9.84 Å². The van der Waals surface area contributed by atoms with Gasteiger partial charge in [0.15, 0.2) is 0 Å². The van der Waals surface area contributed by atoms with E-state index in [2.05, 4.69) is 6.92 Å². The van der Waals surface area contributed by atoms with Crippen molar-refractivity contribution < 1.29 is 9.84 Å². The second-order valence-corrected chi connectivity index (χ2v) is 2.99. The molecule has 1 heterocycles. The summed E-state index contributed by atoms with van der Waals surface area (Å²) in [4.78, 5) is 0. The summed E-state index contributed by atoms with van der Waals surface area (Å²) in [6.45, 7) is 2.17. The monoisotopic (exact) mass is 156 g/mol. The van der Waals surface area contributed by atoms with Crippen LogP contribution in [0.15, 0.2) is 12.3 Å². The largest absolute Gasteiger partial charge is 0.495 e. The molecule has 1 aliphatic rings. The fourth-order valence-corrected chi connectivity index (χ4v) is 1.27. The molecule has 0 amide bonds. The molecule has 0 radical (unpaired) electrons. The molecule has 0 aromatic carbocycles. The predicted molar refractivity (Wildman–Crippen MR) is 44.2 cm³/mol. The lowest BCUT2D eigenvalue weighted by Gasteiger charge is -2.13. The van der Waals surface area contributed by atoms with Crippen molar-refractivity contribution in [2.45, 2.75) is 44.8 Å². The van der Waals surface area contributed by atoms with E-state index in [-0.39, 0.29) is 12.2 Å². The van der Waals surface area contributed by atoms with Crippen molar-refractivity contribution >= 4 is 0 Å². The fourth-order valence-electron chi connectivity index (χ4n) is 1.27. The van der Waals surface area contributed by atoms with Crippen molar-refractivity contribution in [2.24, 2.45) is 0 Å². The number of ether oxygens (including phenoxy) is 1. The van der Waals surface area contributed by atoms with Gasteiger partial charge in [0.2, 0.25) is 0 Å². The molecule has 0 aliphatic carbocycles. The van der Waals surface area contributed by atoms with Gasteiger partial charge in [0.25, 0.3) is 0 Å². The van der Waals surface area contributed by atoms with Crippen LogP contribution in [-0.4, -0.2) is 17.3 Å². The minimum atomic E-state index is -0.369. The first-order valence-electron chi connectivity index (χ1n) is 4.34. The van der Waals surface area contributed by atoms with Crippen LogP contribution in [0.1, 0.15) is 32.6 Å². The Morgan fingerprint density at radius 3 is 2.82 bits per heavy atom. The third kappa shape index (κ3) is 2.54. The summed E-state index contributed by atoms with van der Waals surface area (Å²) in [5.41, 5.74) is 0. The summed E-state index contributed by atoms with van der Waals surface area (Å²) in [5, 5.41) is 9.28. The second-order valence-electron chi connectivity index (χ2n) is 2.99. The van der Waals surface area contributed by atoms with Crippen LogP contribution in [-0.2, 0) is 4.74 Å². The average Bonchev–Trinajstić information content (AvgIpc) is 2.37. The molecule has 0 fully saturated rings. The summed E-state index contributed by atoms with van der Waals surface area (Å²) in [5.74, 6) is 0. The first-order chi connectivity index (χ1) is 5.34. The summed E-state index contributed by atoms with van der Waals surface area (Å²) >= 11 is 0. The first kappa shape index (κ1) is 8.60. The van der Waals surface area contributed by atoms with E-state index in [4.69, 9.17) is 4.74 Å². The van der Waals surface area contributed by atoms with Gasteiger partial charge in [-0.05, 0) is 18.9 Å². The molecular weight excluding hydrogens is 140 g/mol. The smallest absolute Gasteiger partial charge is 0.127 e. The molecule has 0 bridgehead atoms. The Labute approximate surface area is 67.9 Å². The highest BCUT2D eigenvalue weighted by molar-refractivity contribution is 4.95. The van der Waals surface area contributed by atoms with E-state index in [0.717, 1.165) is 12.8 Å². The molecule has 64 valence electrons. The van der Waals surface area contributed by atoms with Crippen LogP contribution < -0.4 is 0 Å². The Morgan fingerprint density at radius 1 is 1.45 bits per heavy atom. The quantitative estimate of drug-likeness (QED) is 0.629. The molecular formula is C9H16O2. The normalized spacial score (nSPS) is 28.9. The molecule has 0 saturated carbocycles. The molecule has 1 rings (SSSR count). The highest BCUT2D eigenvalue weighted by atomic mass is 16.5. The Morgan fingerprint density at radius 2 is 2.27 bits per heavy atom. The van der Waals surface area contributed by atoms with Crippen LogP contribution in [0.3, 0.4) is 0 Å². The van der Waals surface area contributed by atoms with Gasteiger partial charge in [0.1, 0.15) is 12.2 Å². The van der Waals surface area contributed by atoms with E-state index in [9.17, 15) is 5.11 Å². The van der Waals surface area contributed by atoms with Crippen LogP contribution in [0.2, 0.25) is 0 Å². The van der Waals surface area contributed by atoms with Crippen LogP contribution in [0.4, 0.5) is 0 Å².